The van der Waals surface area contributed by atoms with Crippen LogP contribution in [-0.4, -0.2) is 118 Å². The fourth-order valence-electron chi connectivity index (χ4n) is 4.37. The van der Waals surface area contributed by atoms with E-state index in [2.05, 4.69) is 0 Å². The number of hydrogen-bond acceptors (Lipinski definition) is 10. The molecule has 5 atom stereocenters. The maximum atomic E-state index is 11.5. The van der Waals surface area contributed by atoms with Gasteiger partial charge in [-0.25, -0.2) is 4.79 Å². The molecule has 6 N–H and O–H groups in total. The number of benzene rings is 1. The van der Waals surface area contributed by atoms with Crippen molar-refractivity contribution in [1.29, 1.82) is 0 Å². The van der Waals surface area contributed by atoms with Gasteiger partial charge in [0.15, 0.2) is 17.6 Å². The molecule has 1 aliphatic rings. The van der Waals surface area contributed by atoms with Gasteiger partial charge < -0.3 is 49.6 Å². The molecular formula is C25H40NaO11. The van der Waals surface area contributed by atoms with E-state index in [1.165, 1.54) is 14.2 Å². The van der Waals surface area contributed by atoms with Crippen molar-refractivity contribution in [2.45, 2.75) is 95.4 Å². The van der Waals surface area contributed by atoms with Crippen LogP contribution in [0.25, 0.3) is 0 Å². The zero-order valence-corrected chi connectivity index (χ0v) is 24.2. The minimum atomic E-state index is -1.85. The third-order valence-electron chi connectivity index (χ3n) is 6.50. The molecule has 1 fully saturated rings. The van der Waals surface area contributed by atoms with Gasteiger partial charge in [-0.15, -0.1) is 0 Å². The molecule has 12 heteroatoms. The summed E-state index contributed by atoms with van der Waals surface area (Å²) in [5.74, 6) is -1.54. The zero-order chi connectivity index (χ0) is 26.8. The molecule has 0 amide bonds. The first-order chi connectivity index (χ1) is 17.2. The molecule has 1 radical (unpaired) electrons. The number of ether oxygens (including phenoxy) is 4. The molecule has 0 unspecified atom stereocenters. The Morgan fingerprint density at radius 2 is 1.38 bits per heavy atom. The topological polar surface area (TPSA) is 175 Å². The quantitative estimate of drug-likeness (QED) is 0.140. The first-order valence-corrected chi connectivity index (χ1v) is 12.4. The van der Waals surface area contributed by atoms with Crippen LogP contribution in [0.3, 0.4) is 0 Å². The second-order valence-corrected chi connectivity index (χ2v) is 9.00. The molecule has 0 bridgehead atoms. The minimum absolute atomic E-state index is 0. The summed E-state index contributed by atoms with van der Waals surface area (Å²) < 4.78 is 21.9. The minimum Gasteiger partial charge on any atom is -0.504 e. The van der Waals surface area contributed by atoms with Crippen molar-refractivity contribution in [2.24, 2.45) is 0 Å². The van der Waals surface area contributed by atoms with Gasteiger partial charge in [-0.2, -0.15) is 0 Å². The molecule has 1 aromatic rings. The molecular weight excluding hydrogens is 499 g/mol. The number of carboxylic acids is 1. The van der Waals surface area contributed by atoms with E-state index < -0.39 is 36.7 Å². The maximum absolute atomic E-state index is 11.5. The summed E-state index contributed by atoms with van der Waals surface area (Å²) in [5.41, 5.74) is 1.03. The number of carbonyl (C=O) groups is 1. The second-order valence-electron chi connectivity index (χ2n) is 9.00. The van der Waals surface area contributed by atoms with E-state index in [-0.39, 0.29) is 59.2 Å². The third-order valence-corrected chi connectivity index (χ3v) is 6.50. The van der Waals surface area contributed by atoms with Crippen LogP contribution in [0.1, 0.15) is 62.5 Å². The number of methoxy groups -OCH3 is 2. The molecule has 11 nitrogen and oxygen atoms in total. The summed E-state index contributed by atoms with van der Waals surface area (Å²) in [4.78, 5) is 11.5. The predicted octanol–water partition coefficient (Wildman–Crippen LogP) is 1.26. The Balaban J connectivity index is 0.00000684. The van der Waals surface area contributed by atoms with Crippen molar-refractivity contribution in [3.8, 4) is 23.0 Å². The molecule has 0 aromatic heterocycles. The summed E-state index contributed by atoms with van der Waals surface area (Å²) >= 11 is 0. The van der Waals surface area contributed by atoms with Gasteiger partial charge in [0.05, 0.1) is 14.2 Å². The molecule has 0 saturated carbocycles. The molecule has 1 aromatic carbocycles. The molecule has 37 heavy (non-hydrogen) atoms. The Morgan fingerprint density at radius 1 is 0.838 bits per heavy atom. The van der Waals surface area contributed by atoms with Crippen LogP contribution in [0, 0.1) is 6.92 Å². The van der Waals surface area contributed by atoms with Crippen molar-refractivity contribution in [3.63, 3.8) is 0 Å². The Labute approximate surface area is 239 Å². The van der Waals surface area contributed by atoms with Gasteiger partial charge in [-0.1, -0.05) is 38.5 Å². The maximum Gasteiger partial charge on any atom is 0.335 e. The number of aliphatic hydroxyl groups excluding tert-OH is 4. The van der Waals surface area contributed by atoms with E-state index in [4.69, 9.17) is 24.1 Å². The van der Waals surface area contributed by atoms with Gasteiger partial charge >= 0.3 is 5.97 Å². The van der Waals surface area contributed by atoms with Crippen LogP contribution in [0.4, 0.5) is 0 Å². The van der Waals surface area contributed by atoms with E-state index >= 15 is 0 Å². The molecule has 0 aliphatic carbocycles. The largest absolute Gasteiger partial charge is 0.504 e. The molecule has 1 saturated heterocycles. The molecule has 1 aliphatic heterocycles. The Bertz CT molecular complexity index is 851. The van der Waals surface area contributed by atoms with Crippen molar-refractivity contribution in [1.82, 2.24) is 0 Å². The smallest absolute Gasteiger partial charge is 0.335 e. The Kier molecular flexibility index (Phi) is 15.1. The number of aromatic hydroxyl groups is 1. The number of aliphatic carboxylic acids is 1. The van der Waals surface area contributed by atoms with Gasteiger partial charge in [-0.3, -0.25) is 0 Å². The van der Waals surface area contributed by atoms with Crippen molar-refractivity contribution in [2.75, 3.05) is 20.8 Å². The number of phenols is 1. The van der Waals surface area contributed by atoms with Crippen molar-refractivity contribution >= 4 is 35.5 Å². The number of rotatable bonds is 15. The van der Waals surface area contributed by atoms with Crippen LogP contribution in [-0.2, 0) is 16.0 Å². The Hall–Kier alpha value is -1.31. The van der Waals surface area contributed by atoms with Crippen LogP contribution < -0.4 is 14.2 Å². The van der Waals surface area contributed by atoms with Gasteiger partial charge in [0.2, 0.25) is 17.8 Å². The zero-order valence-electron chi connectivity index (χ0n) is 22.2. The van der Waals surface area contributed by atoms with E-state index in [1.807, 2.05) is 0 Å². The molecule has 0 spiro atoms. The first kappa shape index (κ1) is 33.7. The summed E-state index contributed by atoms with van der Waals surface area (Å²) in [6.07, 6.45) is -0.596. The number of phenolic OH excluding ortho intramolecular Hbond substituents is 1. The van der Waals surface area contributed by atoms with Gasteiger partial charge in [-0.05, 0) is 26.2 Å². The average Bonchev–Trinajstić information content (AvgIpc) is 2.86. The molecule has 1 heterocycles. The summed E-state index contributed by atoms with van der Waals surface area (Å²) in [5, 5.41) is 59.5. The molecule has 207 valence electrons. The SMILES string of the molecule is COc1c(O)c(C)c(CCCCCCCCCCO)c(O[C@@H]2O[C@H](C(=O)O)[C@@H](O)[C@H](O)[C@H]2O)c1OC.[Na]. The normalized spacial score (nSPS) is 23.3. The van der Waals surface area contributed by atoms with Gasteiger partial charge in [0.1, 0.15) is 18.3 Å². The molecule has 2 rings (SSSR count). The fraction of sp³-hybridized carbons (Fsp3) is 0.720. The number of aliphatic hydroxyl groups is 4. The first-order valence-electron chi connectivity index (χ1n) is 12.4. The van der Waals surface area contributed by atoms with Gasteiger partial charge in [0.25, 0.3) is 0 Å². The van der Waals surface area contributed by atoms with E-state index in [1.54, 1.807) is 6.92 Å². The van der Waals surface area contributed by atoms with Crippen molar-refractivity contribution < 1.29 is 54.4 Å². The third kappa shape index (κ3) is 8.59. The number of carboxylic acid groups (broad SMARTS) is 1. The van der Waals surface area contributed by atoms with E-state index in [0.29, 0.717) is 17.5 Å². The number of hydrogen-bond donors (Lipinski definition) is 6. The van der Waals surface area contributed by atoms with Crippen LogP contribution in [0.2, 0.25) is 0 Å². The summed E-state index contributed by atoms with van der Waals surface area (Å²) in [6.45, 7) is 1.90. The predicted molar refractivity (Wildman–Crippen MR) is 134 cm³/mol. The van der Waals surface area contributed by atoms with Crippen LogP contribution in [0.15, 0.2) is 0 Å². The van der Waals surface area contributed by atoms with Gasteiger partial charge in [0, 0.05) is 47.3 Å². The second kappa shape index (κ2) is 16.6. The van der Waals surface area contributed by atoms with Crippen LogP contribution in [0.5, 0.6) is 23.0 Å². The standard InChI is InChI=1S/C25H40O11.Na/c1-14-15(12-10-8-6-4-5-7-9-11-13-26)20(23(34-3)21(33-2)16(14)27)35-25-19(30)17(28)18(29)22(36-25)24(31)32;/h17-19,22,25-30H,4-13H2,1-3H3,(H,31,32);/t17-,18-,19+,22-,25+;/m0./s1. The van der Waals surface area contributed by atoms with Crippen molar-refractivity contribution in [3.05, 3.63) is 11.1 Å². The monoisotopic (exact) mass is 539 g/mol. The number of unbranched alkanes of at least 4 members (excludes halogenated alkanes) is 7. The summed E-state index contributed by atoms with van der Waals surface area (Å²) in [6, 6.07) is 0. The van der Waals surface area contributed by atoms with E-state index in [9.17, 15) is 30.3 Å². The average molecular weight is 540 g/mol. The summed E-state index contributed by atoms with van der Waals surface area (Å²) in [7, 11) is 2.68. The van der Waals surface area contributed by atoms with E-state index in [0.717, 1.165) is 51.4 Å². The van der Waals surface area contributed by atoms with Crippen LogP contribution >= 0.6 is 0 Å². The Morgan fingerprint density at radius 3 is 1.89 bits per heavy atom. The fourth-order valence-corrected chi connectivity index (χ4v) is 4.37.